The SMILES string of the molecule is CCOc1ccccc1-c1ccc(CO)c(=O)n1CC(C)C. The second kappa shape index (κ2) is 7.27. The molecule has 4 nitrogen and oxygen atoms in total. The number of aromatic nitrogens is 1. The number of ether oxygens (including phenoxy) is 1. The first-order valence-corrected chi connectivity index (χ1v) is 7.64. The molecule has 0 saturated heterocycles. The second-order valence-corrected chi connectivity index (χ2v) is 5.64. The van der Waals surface area contributed by atoms with Gasteiger partial charge in [-0.25, -0.2) is 0 Å². The van der Waals surface area contributed by atoms with Crippen molar-refractivity contribution >= 4 is 0 Å². The molecule has 0 bridgehead atoms. The monoisotopic (exact) mass is 301 g/mol. The first-order chi connectivity index (χ1) is 10.6. The zero-order valence-corrected chi connectivity index (χ0v) is 13.4. The van der Waals surface area contributed by atoms with Gasteiger partial charge in [-0.3, -0.25) is 4.79 Å². The maximum Gasteiger partial charge on any atom is 0.256 e. The molecule has 0 spiro atoms. The van der Waals surface area contributed by atoms with E-state index in [1.807, 2.05) is 37.3 Å². The standard InChI is InChI=1S/C18H23NO3/c1-4-22-17-8-6-5-7-15(17)16-10-9-14(12-20)18(21)19(16)11-13(2)3/h5-10,13,20H,4,11-12H2,1-3H3. The number of para-hydroxylation sites is 1. The molecule has 0 saturated carbocycles. The third kappa shape index (κ3) is 3.39. The lowest BCUT2D eigenvalue weighted by molar-refractivity contribution is 0.278. The third-order valence-electron chi connectivity index (χ3n) is 3.43. The molecule has 4 heteroatoms. The zero-order chi connectivity index (χ0) is 16.1. The number of nitrogens with zero attached hydrogens (tertiary/aromatic N) is 1. The molecular weight excluding hydrogens is 278 g/mol. The molecule has 1 aromatic carbocycles. The van der Waals surface area contributed by atoms with E-state index in [1.165, 1.54) is 0 Å². The summed E-state index contributed by atoms with van der Waals surface area (Å²) in [6, 6.07) is 11.3. The minimum Gasteiger partial charge on any atom is -0.493 e. The maximum absolute atomic E-state index is 12.6. The molecule has 1 aromatic heterocycles. The molecule has 118 valence electrons. The molecule has 0 atom stereocenters. The predicted molar refractivity (Wildman–Crippen MR) is 88.1 cm³/mol. The fourth-order valence-electron chi connectivity index (χ4n) is 2.49. The predicted octanol–water partition coefficient (Wildman–Crippen LogP) is 3.06. The van der Waals surface area contributed by atoms with Crippen LogP contribution in [-0.2, 0) is 13.2 Å². The molecule has 0 unspecified atom stereocenters. The van der Waals surface area contributed by atoms with E-state index >= 15 is 0 Å². The molecule has 0 amide bonds. The molecule has 0 radical (unpaired) electrons. The van der Waals surface area contributed by atoms with E-state index in [0.717, 1.165) is 17.0 Å². The second-order valence-electron chi connectivity index (χ2n) is 5.64. The van der Waals surface area contributed by atoms with Crippen LogP contribution in [0, 0.1) is 5.92 Å². The van der Waals surface area contributed by atoms with Gasteiger partial charge in [0.25, 0.3) is 5.56 Å². The van der Waals surface area contributed by atoms with E-state index in [9.17, 15) is 9.90 Å². The van der Waals surface area contributed by atoms with Crippen molar-refractivity contribution in [2.45, 2.75) is 33.9 Å². The Hall–Kier alpha value is -2.07. The van der Waals surface area contributed by atoms with Crippen molar-refractivity contribution in [1.82, 2.24) is 4.57 Å². The fourth-order valence-corrected chi connectivity index (χ4v) is 2.49. The highest BCUT2D eigenvalue weighted by Crippen LogP contribution is 2.29. The Kier molecular flexibility index (Phi) is 5.39. The van der Waals surface area contributed by atoms with Gasteiger partial charge >= 0.3 is 0 Å². The molecule has 0 aliphatic rings. The normalized spacial score (nSPS) is 11.0. The molecule has 2 aromatic rings. The lowest BCUT2D eigenvalue weighted by Crippen LogP contribution is -2.27. The van der Waals surface area contributed by atoms with Gasteiger partial charge in [-0.2, -0.15) is 0 Å². The van der Waals surface area contributed by atoms with Crippen LogP contribution in [0.2, 0.25) is 0 Å². The number of benzene rings is 1. The van der Waals surface area contributed by atoms with E-state index in [-0.39, 0.29) is 12.2 Å². The Bertz CT molecular complexity index is 689. The molecule has 2 rings (SSSR count). The average molecular weight is 301 g/mol. The van der Waals surface area contributed by atoms with Gasteiger partial charge in [-0.15, -0.1) is 0 Å². The largest absolute Gasteiger partial charge is 0.493 e. The smallest absolute Gasteiger partial charge is 0.256 e. The summed E-state index contributed by atoms with van der Waals surface area (Å²) in [5, 5.41) is 9.34. The lowest BCUT2D eigenvalue weighted by Gasteiger charge is -2.18. The molecule has 0 fully saturated rings. The van der Waals surface area contributed by atoms with Gasteiger partial charge in [0, 0.05) is 17.7 Å². The van der Waals surface area contributed by atoms with Gasteiger partial charge in [0.05, 0.1) is 18.9 Å². The van der Waals surface area contributed by atoms with Gasteiger partial charge < -0.3 is 14.4 Å². The summed E-state index contributed by atoms with van der Waals surface area (Å²) < 4.78 is 7.41. The molecule has 0 aliphatic carbocycles. The molecule has 1 heterocycles. The maximum atomic E-state index is 12.6. The summed E-state index contributed by atoms with van der Waals surface area (Å²) in [7, 11) is 0. The van der Waals surface area contributed by atoms with Gasteiger partial charge in [0.15, 0.2) is 0 Å². The summed E-state index contributed by atoms with van der Waals surface area (Å²) in [4.78, 5) is 12.6. The number of hydrogen-bond acceptors (Lipinski definition) is 3. The van der Waals surface area contributed by atoms with Crippen molar-refractivity contribution in [2.24, 2.45) is 5.92 Å². The number of pyridine rings is 1. The highest BCUT2D eigenvalue weighted by Gasteiger charge is 2.14. The summed E-state index contributed by atoms with van der Waals surface area (Å²) >= 11 is 0. The van der Waals surface area contributed by atoms with E-state index < -0.39 is 0 Å². The van der Waals surface area contributed by atoms with E-state index in [1.54, 1.807) is 10.6 Å². The quantitative estimate of drug-likeness (QED) is 0.892. The third-order valence-corrected chi connectivity index (χ3v) is 3.43. The Labute approximate surface area is 131 Å². The number of hydrogen-bond donors (Lipinski definition) is 1. The van der Waals surface area contributed by atoms with Crippen molar-refractivity contribution in [2.75, 3.05) is 6.61 Å². The highest BCUT2D eigenvalue weighted by molar-refractivity contribution is 5.67. The molecule has 0 aliphatic heterocycles. The average Bonchev–Trinajstić information content (AvgIpc) is 2.50. The van der Waals surface area contributed by atoms with Crippen LogP contribution in [0.25, 0.3) is 11.3 Å². The zero-order valence-electron chi connectivity index (χ0n) is 13.4. The van der Waals surface area contributed by atoms with Crippen LogP contribution >= 0.6 is 0 Å². The van der Waals surface area contributed by atoms with Crippen molar-refractivity contribution in [3.05, 3.63) is 52.3 Å². The van der Waals surface area contributed by atoms with Crippen molar-refractivity contribution in [3.8, 4) is 17.0 Å². The first kappa shape index (κ1) is 16.3. The van der Waals surface area contributed by atoms with Crippen LogP contribution in [0.4, 0.5) is 0 Å². The molecule has 22 heavy (non-hydrogen) atoms. The van der Waals surface area contributed by atoms with Crippen molar-refractivity contribution in [3.63, 3.8) is 0 Å². The number of aliphatic hydroxyl groups is 1. The van der Waals surface area contributed by atoms with Crippen molar-refractivity contribution in [1.29, 1.82) is 0 Å². The van der Waals surface area contributed by atoms with Gasteiger partial charge in [-0.1, -0.05) is 26.0 Å². The lowest BCUT2D eigenvalue weighted by atomic mass is 10.1. The summed E-state index contributed by atoms with van der Waals surface area (Å²) in [6.07, 6.45) is 0. The molecular formula is C18H23NO3. The topological polar surface area (TPSA) is 51.5 Å². The van der Waals surface area contributed by atoms with Crippen LogP contribution < -0.4 is 10.3 Å². The fraction of sp³-hybridized carbons (Fsp3) is 0.389. The van der Waals surface area contributed by atoms with Crippen LogP contribution in [0.3, 0.4) is 0 Å². The summed E-state index contributed by atoms with van der Waals surface area (Å²) in [5.41, 5.74) is 1.99. The first-order valence-electron chi connectivity index (χ1n) is 7.64. The number of aliphatic hydroxyl groups excluding tert-OH is 1. The molecule has 1 N–H and O–H groups in total. The van der Waals surface area contributed by atoms with Crippen LogP contribution in [0.5, 0.6) is 5.75 Å². The highest BCUT2D eigenvalue weighted by atomic mass is 16.5. The van der Waals surface area contributed by atoms with E-state index in [2.05, 4.69) is 13.8 Å². The van der Waals surface area contributed by atoms with Crippen LogP contribution in [0.1, 0.15) is 26.3 Å². The van der Waals surface area contributed by atoms with Gasteiger partial charge in [0.1, 0.15) is 5.75 Å². The van der Waals surface area contributed by atoms with Crippen LogP contribution in [0.15, 0.2) is 41.2 Å². The Morgan fingerprint density at radius 2 is 1.91 bits per heavy atom. The Morgan fingerprint density at radius 3 is 2.55 bits per heavy atom. The summed E-state index contributed by atoms with van der Waals surface area (Å²) in [6.45, 7) is 6.99. The van der Waals surface area contributed by atoms with E-state index in [0.29, 0.717) is 24.6 Å². The number of rotatable bonds is 6. The van der Waals surface area contributed by atoms with E-state index in [4.69, 9.17) is 4.74 Å². The van der Waals surface area contributed by atoms with Gasteiger partial charge in [0.2, 0.25) is 0 Å². The van der Waals surface area contributed by atoms with Crippen LogP contribution in [-0.4, -0.2) is 16.3 Å². The Morgan fingerprint density at radius 1 is 1.18 bits per heavy atom. The Balaban J connectivity index is 2.65. The minimum atomic E-state index is -0.246. The van der Waals surface area contributed by atoms with Gasteiger partial charge in [-0.05, 0) is 37.1 Å². The van der Waals surface area contributed by atoms with Crippen molar-refractivity contribution < 1.29 is 9.84 Å². The minimum absolute atomic E-state index is 0.139. The summed E-state index contributed by atoms with van der Waals surface area (Å²) in [5.74, 6) is 1.09.